The van der Waals surface area contributed by atoms with Crippen LogP contribution in [-0.2, 0) is 13.0 Å². The minimum Gasteiger partial charge on any atom is -0.345 e. The zero-order chi connectivity index (χ0) is 12.7. The van der Waals surface area contributed by atoms with Crippen LogP contribution in [0, 0.1) is 0 Å². The van der Waals surface area contributed by atoms with Gasteiger partial charge in [-0.25, -0.2) is 0 Å². The van der Waals surface area contributed by atoms with Crippen molar-refractivity contribution in [2.24, 2.45) is 0 Å². The van der Waals surface area contributed by atoms with Crippen molar-refractivity contribution in [3.63, 3.8) is 0 Å². The highest BCUT2D eigenvalue weighted by molar-refractivity contribution is 6.31. The Morgan fingerprint density at radius 1 is 1.42 bits per heavy atom. The van der Waals surface area contributed by atoms with E-state index in [9.17, 15) is 0 Å². The summed E-state index contributed by atoms with van der Waals surface area (Å²) >= 11 is 6.36. The molecule has 1 aliphatic rings. The van der Waals surface area contributed by atoms with Gasteiger partial charge in [0.05, 0.1) is 0 Å². The lowest BCUT2D eigenvalue weighted by Crippen LogP contribution is -2.33. The van der Waals surface area contributed by atoms with Crippen molar-refractivity contribution in [1.29, 1.82) is 0 Å². The summed E-state index contributed by atoms with van der Waals surface area (Å²) in [6.07, 6.45) is 2.24. The predicted molar refractivity (Wildman–Crippen MR) is 84.4 cm³/mol. The van der Waals surface area contributed by atoms with Gasteiger partial charge >= 0.3 is 0 Å². The van der Waals surface area contributed by atoms with E-state index in [-0.39, 0.29) is 12.4 Å². The molecule has 0 amide bonds. The number of benzene rings is 1. The van der Waals surface area contributed by atoms with Crippen LogP contribution >= 0.6 is 24.0 Å². The Bertz CT molecular complexity index is 577. The Morgan fingerprint density at radius 3 is 2.95 bits per heavy atom. The highest BCUT2D eigenvalue weighted by atomic mass is 35.5. The van der Waals surface area contributed by atoms with E-state index in [1.54, 1.807) is 0 Å². The summed E-state index contributed by atoms with van der Waals surface area (Å²) in [5.41, 5.74) is 3.88. The van der Waals surface area contributed by atoms with Crippen LogP contribution in [-0.4, -0.2) is 22.5 Å². The molecule has 4 heteroatoms. The summed E-state index contributed by atoms with van der Waals surface area (Å²) < 4.78 is 0. The van der Waals surface area contributed by atoms with Gasteiger partial charge in [-0.3, -0.25) is 4.90 Å². The van der Waals surface area contributed by atoms with Crippen LogP contribution in [0.5, 0.6) is 0 Å². The van der Waals surface area contributed by atoms with Crippen molar-refractivity contribution in [2.45, 2.75) is 39.3 Å². The number of rotatable bonds is 2. The van der Waals surface area contributed by atoms with Gasteiger partial charge in [0.2, 0.25) is 0 Å². The monoisotopic (exact) mass is 298 g/mol. The molecule has 2 nitrogen and oxygen atoms in total. The van der Waals surface area contributed by atoms with E-state index in [4.69, 9.17) is 11.6 Å². The van der Waals surface area contributed by atoms with Gasteiger partial charge in [0.25, 0.3) is 0 Å². The molecular weight excluding hydrogens is 279 g/mol. The molecule has 1 unspecified atom stereocenters. The average Bonchev–Trinajstić information content (AvgIpc) is 2.57. The van der Waals surface area contributed by atoms with Crippen LogP contribution in [0.2, 0.25) is 5.15 Å². The third-order valence-corrected chi connectivity index (χ3v) is 4.29. The number of hydrogen-bond acceptors (Lipinski definition) is 1. The summed E-state index contributed by atoms with van der Waals surface area (Å²) in [5, 5.41) is 2.18. The van der Waals surface area contributed by atoms with Gasteiger partial charge in [0, 0.05) is 23.5 Å². The summed E-state index contributed by atoms with van der Waals surface area (Å²) in [5.74, 6) is 0. The standard InChI is InChI=1S/C15H19ClN2.ClH/c1-3-7-18-9-11-5-4-6-13-14(11)12(8-10(18)2)15(16)17-13;/h4-6,10,17H,3,7-9H2,1-2H3;1H. The Hall–Kier alpha value is -0.700. The molecule has 1 atom stereocenters. The van der Waals surface area contributed by atoms with E-state index in [0.29, 0.717) is 6.04 Å². The number of nitrogens with zero attached hydrogens (tertiary/aromatic N) is 1. The van der Waals surface area contributed by atoms with Crippen molar-refractivity contribution >= 4 is 34.9 Å². The fourth-order valence-corrected chi connectivity index (χ4v) is 3.35. The molecule has 1 aliphatic heterocycles. The van der Waals surface area contributed by atoms with Crippen molar-refractivity contribution in [3.8, 4) is 0 Å². The first kappa shape index (κ1) is 14.7. The summed E-state index contributed by atoms with van der Waals surface area (Å²) in [6.45, 7) is 6.74. The zero-order valence-electron chi connectivity index (χ0n) is 11.4. The molecule has 1 aromatic carbocycles. The van der Waals surface area contributed by atoms with Crippen LogP contribution in [0.15, 0.2) is 18.2 Å². The molecule has 1 aromatic heterocycles. The Balaban J connectivity index is 0.00000133. The molecule has 3 rings (SSSR count). The lowest BCUT2D eigenvalue weighted by atomic mass is 10.0. The van der Waals surface area contributed by atoms with Gasteiger partial charge in [0.1, 0.15) is 5.15 Å². The molecular formula is C15H20Cl2N2. The first-order chi connectivity index (χ1) is 8.70. The number of aromatic nitrogens is 1. The first-order valence-corrected chi connectivity index (χ1v) is 7.10. The molecule has 0 radical (unpaired) electrons. The smallest absolute Gasteiger partial charge is 0.110 e. The molecule has 0 bridgehead atoms. The second-order valence-electron chi connectivity index (χ2n) is 5.28. The van der Waals surface area contributed by atoms with Gasteiger partial charge < -0.3 is 4.98 Å². The third-order valence-electron chi connectivity index (χ3n) is 3.97. The van der Waals surface area contributed by atoms with Crippen LogP contribution < -0.4 is 0 Å². The maximum Gasteiger partial charge on any atom is 0.110 e. The van der Waals surface area contributed by atoms with Gasteiger partial charge in [-0.05, 0) is 43.5 Å². The Morgan fingerprint density at radius 2 is 2.21 bits per heavy atom. The predicted octanol–water partition coefficient (Wildman–Crippen LogP) is 4.40. The Labute approximate surface area is 125 Å². The fraction of sp³-hybridized carbons (Fsp3) is 0.467. The first-order valence-electron chi connectivity index (χ1n) is 6.72. The molecule has 19 heavy (non-hydrogen) atoms. The van der Waals surface area contributed by atoms with Gasteiger partial charge in [0.15, 0.2) is 0 Å². The SMILES string of the molecule is CCCN1Cc2cccc3[nH]c(Cl)c(c23)CC1C.Cl. The number of H-pyrrole nitrogens is 1. The second kappa shape index (κ2) is 5.74. The summed E-state index contributed by atoms with van der Waals surface area (Å²) in [4.78, 5) is 5.86. The van der Waals surface area contributed by atoms with Gasteiger partial charge in [-0.2, -0.15) is 0 Å². The fourth-order valence-electron chi connectivity index (χ4n) is 3.07. The third kappa shape index (κ3) is 2.49. The lowest BCUT2D eigenvalue weighted by molar-refractivity contribution is 0.203. The highest BCUT2D eigenvalue weighted by Crippen LogP contribution is 2.34. The highest BCUT2D eigenvalue weighted by Gasteiger charge is 2.24. The van der Waals surface area contributed by atoms with Crippen LogP contribution in [0.1, 0.15) is 31.4 Å². The number of nitrogens with one attached hydrogen (secondary N) is 1. The molecule has 0 spiro atoms. The van der Waals surface area contributed by atoms with Crippen LogP contribution in [0.25, 0.3) is 10.9 Å². The minimum absolute atomic E-state index is 0. The largest absolute Gasteiger partial charge is 0.345 e. The van der Waals surface area contributed by atoms with E-state index >= 15 is 0 Å². The van der Waals surface area contributed by atoms with Crippen molar-refractivity contribution < 1.29 is 0 Å². The molecule has 2 aromatic rings. The van der Waals surface area contributed by atoms with E-state index in [0.717, 1.165) is 24.7 Å². The number of hydrogen-bond donors (Lipinski definition) is 1. The molecule has 0 saturated carbocycles. The van der Waals surface area contributed by atoms with Crippen LogP contribution in [0.4, 0.5) is 0 Å². The van der Waals surface area contributed by atoms with Gasteiger partial charge in [-0.15, -0.1) is 12.4 Å². The molecule has 2 heterocycles. The summed E-state index contributed by atoms with van der Waals surface area (Å²) in [7, 11) is 0. The second-order valence-corrected chi connectivity index (χ2v) is 5.66. The Kier molecular flexibility index (Phi) is 4.44. The van der Waals surface area contributed by atoms with E-state index in [1.165, 1.54) is 28.5 Å². The molecule has 0 aliphatic carbocycles. The van der Waals surface area contributed by atoms with Crippen molar-refractivity contribution in [1.82, 2.24) is 9.88 Å². The maximum absolute atomic E-state index is 6.36. The maximum atomic E-state index is 6.36. The molecule has 1 N–H and O–H groups in total. The molecule has 0 saturated heterocycles. The quantitative estimate of drug-likeness (QED) is 0.871. The summed E-state index contributed by atoms with van der Waals surface area (Å²) in [6, 6.07) is 7.02. The number of halogens is 2. The topological polar surface area (TPSA) is 19.0 Å². The minimum atomic E-state index is 0. The zero-order valence-corrected chi connectivity index (χ0v) is 12.9. The van der Waals surface area contributed by atoms with E-state index in [1.807, 2.05) is 0 Å². The lowest BCUT2D eigenvalue weighted by Gasteiger charge is -2.26. The average molecular weight is 299 g/mol. The van der Waals surface area contributed by atoms with Crippen LogP contribution in [0.3, 0.4) is 0 Å². The molecule has 104 valence electrons. The van der Waals surface area contributed by atoms with E-state index < -0.39 is 0 Å². The van der Waals surface area contributed by atoms with Gasteiger partial charge in [-0.1, -0.05) is 30.7 Å². The normalized spacial score (nSPS) is 19.2. The molecule has 0 fully saturated rings. The van der Waals surface area contributed by atoms with E-state index in [2.05, 4.69) is 41.9 Å². The van der Waals surface area contributed by atoms with Crippen molar-refractivity contribution in [2.75, 3.05) is 6.54 Å². The van der Waals surface area contributed by atoms with Crippen molar-refractivity contribution in [3.05, 3.63) is 34.5 Å². The number of aromatic amines is 1.